The molecule has 8 heteroatoms. The number of hydrogen-bond donors (Lipinski definition) is 1. The maximum absolute atomic E-state index is 13.7. The van der Waals surface area contributed by atoms with Crippen LogP contribution in [0.3, 0.4) is 0 Å². The van der Waals surface area contributed by atoms with Gasteiger partial charge in [-0.15, -0.1) is 0 Å². The van der Waals surface area contributed by atoms with Gasteiger partial charge in [-0.3, -0.25) is 4.79 Å². The number of rotatable bonds is 8. The highest BCUT2D eigenvalue weighted by Crippen LogP contribution is 2.36. The zero-order valence-electron chi connectivity index (χ0n) is 20.5. The molecule has 1 heterocycles. The van der Waals surface area contributed by atoms with Crippen LogP contribution in [0.2, 0.25) is 0 Å². The molecule has 1 aromatic heterocycles. The Hall–Kier alpha value is -4.33. The summed E-state index contributed by atoms with van der Waals surface area (Å²) in [5.41, 5.74) is 2.29. The molecule has 0 saturated heterocycles. The highest BCUT2D eigenvalue weighted by atomic mass is 19.1. The van der Waals surface area contributed by atoms with E-state index in [1.54, 1.807) is 41.3 Å². The van der Waals surface area contributed by atoms with E-state index in [2.05, 4.69) is 5.32 Å². The summed E-state index contributed by atoms with van der Waals surface area (Å²) in [4.78, 5) is 27.5. The van der Waals surface area contributed by atoms with E-state index in [9.17, 15) is 14.0 Å². The minimum Gasteiger partial charge on any atom is -0.496 e. The molecule has 0 aliphatic rings. The topological polar surface area (TPSA) is 72.8 Å². The molecule has 7 nitrogen and oxygen atoms in total. The van der Waals surface area contributed by atoms with Gasteiger partial charge in [0.2, 0.25) is 0 Å². The van der Waals surface area contributed by atoms with Crippen molar-refractivity contribution in [3.63, 3.8) is 0 Å². The molecule has 0 unspecified atom stereocenters. The number of hydrogen-bond acceptors (Lipinski definition) is 4. The van der Waals surface area contributed by atoms with Crippen LogP contribution in [0, 0.1) is 5.82 Å². The maximum atomic E-state index is 13.7. The van der Waals surface area contributed by atoms with Gasteiger partial charge in [0.1, 0.15) is 11.6 Å². The Bertz CT molecular complexity index is 1390. The molecule has 36 heavy (non-hydrogen) atoms. The van der Waals surface area contributed by atoms with E-state index in [1.165, 1.54) is 19.2 Å². The molecule has 0 radical (unpaired) electrons. The summed E-state index contributed by atoms with van der Waals surface area (Å²) >= 11 is 0. The summed E-state index contributed by atoms with van der Waals surface area (Å²) in [5, 5.41) is 3.60. The second-order valence-electron chi connectivity index (χ2n) is 8.14. The van der Waals surface area contributed by atoms with E-state index >= 15 is 0 Å². The Labute approximate surface area is 209 Å². The quantitative estimate of drug-likeness (QED) is 0.333. The van der Waals surface area contributed by atoms with Crippen LogP contribution in [0.15, 0.2) is 72.9 Å². The van der Waals surface area contributed by atoms with Gasteiger partial charge in [0.15, 0.2) is 5.75 Å². The first-order valence-corrected chi connectivity index (χ1v) is 11.7. The van der Waals surface area contributed by atoms with Gasteiger partial charge in [-0.05, 0) is 61.9 Å². The van der Waals surface area contributed by atoms with E-state index in [4.69, 9.17) is 9.47 Å². The van der Waals surface area contributed by atoms with Crippen LogP contribution >= 0.6 is 0 Å². The van der Waals surface area contributed by atoms with Crippen molar-refractivity contribution < 1.29 is 23.5 Å². The average molecular weight is 490 g/mol. The summed E-state index contributed by atoms with van der Waals surface area (Å²) in [6.45, 7) is 5.14. The number of fused-ring (bicyclic) bond motifs is 1. The molecule has 0 atom stereocenters. The number of anilines is 1. The number of aromatic nitrogens is 1. The van der Waals surface area contributed by atoms with Crippen molar-refractivity contribution in [3.05, 3.63) is 89.9 Å². The summed E-state index contributed by atoms with van der Waals surface area (Å²) in [6.07, 6.45) is 1.34. The first-order chi connectivity index (χ1) is 17.4. The predicted molar refractivity (Wildman–Crippen MR) is 137 cm³/mol. The van der Waals surface area contributed by atoms with Gasteiger partial charge in [-0.2, -0.15) is 0 Å². The summed E-state index contributed by atoms with van der Waals surface area (Å²) in [5.74, 6) is -0.0593. The normalized spacial score (nSPS) is 10.8. The van der Waals surface area contributed by atoms with Gasteiger partial charge in [0.05, 0.1) is 23.9 Å². The summed E-state index contributed by atoms with van der Waals surface area (Å²) in [7, 11) is 1.50. The lowest BCUT2D eigenvalue weighted by molar-refractivity contribution is 0.102. The third-order valence-electron chi connectivity index (χ3n) is 5.97. The number of nitrogens with one attached hydrogen (secondary N) is 1. The number of methoxy groups -OCH3 is 1. The number of benzene rings is 3. The standard InChI is InChI=1S/C28H28FN3O4/c1-4-31(5-2)28(34)36-25-14-13-23-21(15-16-32(23)18-19-9-8-10-20(29)17-19)26(25)30-27(33)22-11-6-7-12-24(22)35-3/h6-17H,4-5,18H2,1-3H3,(H,30,33). The molecule has 0 spiro atoms. The van der Waals surface area contributed by atoms with Crippen molar-refractivity contribution in [2.45, 2.75) is 20.4 Å². The zero-order valence-corrected chi connectivity index (χ0v) is 20.5. The van der Waals surface area contributed by atoms with Crippen molar-refractivity contribution in [2.75, 3.05) is 25.5 Å². The molecule has 186 valence electrons. The lowest BCUT2D eigenvalue weighted by Crippen LogP contribution is -2.33. The van der Waals surface area contributed by atoms with Crippen molar-refractivity contribution in [3.8, 4) is 11.5 Å². The van der Waals surface area contributed by atoms with Crippen LogP contribution in [0.25, 0.3) is 10.9 Å². The van der Waals surface area contributed by atoms with E-state index in [0.717, 1.165) is 11.1 Å². The van der Waals surface area contributed by atoms with Gasteiger partial charge in [0, 0.05) is 31.2 Å². The van der Waals surface area contributed by atoms with Gasteiger partial charge in [0.25, 0.3) is 5.91 Å². The molecule has 2 amide bonds. The molecule has 0 fully saturated rings. The maximum Gasteiger partial charge on any atom is 0.415 e. The highest BCUT2D eigenvalue weighted by molar-refractivity contribution is 6.12. The molecule has 0 bridgehead atoms. The molecule has 0 aliphatic carbocycles. The van der Waals surface area contributed by atoms with E-state index < -0.39 is 12.0 Å². The fourth-order valence-electron chi connectivity index (χ4n) is 4.09. The molecular formula is C28H28FN3O4. The largest absolute Gasteiger partial charge is 0.496 e. The third kappa shape index (κ3) is 5.17. The first-order valence-electron chi connectivity index (χ1n) is 11.7. The second-order valence-corrected chi connectivity index (χ2v) is 8.14. The van der Waals surface area contributed by atoms with Crippen LogP contribution in [0.5, 0.6) is 11.5 Å². The van der Waals surface area contributed by atoms with Crippen molar-refractivity contribution in [2.24, 2.45) is 0 Å². The number of para-hydroxylation sites is 1. The SMILES string of the molecule is CCN(CC)C(=O)Oc1ccc2c(ccn2Cc2cccc(F)c2)c1NC(=O)c1ccccc1OC. The summed E-state index contributed by atoms with van der Waals surface area (Å²) in [6, 6.07) is 18.6. The van der Waals surface area contributed by atoms with E-state index in [1.807, 2.05) is 42.8 Å². The minimum absolute atomic E-state index is 0.228. The van der Waals surface area contributed by atoms with Gasteiger partial charge in [-0.25, -0.2) is 9.18 Å². The van der Waals surface area contributed by atoms with Gasteiger partial charge in [-0.1, -0.05) is 24.3 Å². The summed E-state index contributed by atoms with van der Waals surface area (Å²) < 4.78 is 26.7. The number of carbonyl (C=O) groups excluding carboxylic acids is 2. The van der Waals surface area contributed by atoms with Crippen LogP contribution in [0.1, 0.15) is 29.8 Å². The number of ether oxygens (including phenoxy) is 2. The molecule has 4 rings (SSSR count). The second kappa shape index (κ2) is 10.9. The van der Waals surface area contributed by atoms with E-state index in [-0.39, 0.29) is 11.6 Å². The Morgan fingerprint density at radius 1 is 0.972 bits per heavy atom. The van der Waals surface area contributed by atoms with Crippen molar-refractivity contribution >= 4 is 28.6 Å². The molecule has 0 aliphatic heterocycles. The lowest BCUT2D eigenvalue weighted by atomic mass is 10.1. The van der Waals surface area contributed by atoms with Crippen LogP contribution in [-0.2, 0) is 6.54 Å². The molecular weight excluding hydrogens is 461 g/mol. The Kier molecular flexibility index (Phi) is 7.53. The van der Waals surface area contributed by atoms with Crippen molar-refractivity contribution in [1.29, 1.82) is 0 Å². The smallest absolute Gasteiger partial charge is 0.415 e. The van der Waals surface area contributed by atoms with Gasteiger partial charge < -0.3 is 24.3 Å². The zero-order chi connectivity index (χ0) is 25.7. The lowest BCUT2D eigenvalue weighted by Gasteiger charge is -2.20. The number of amides is 2. The fraction of sp³-hybridized carbons (Fsp3) is 0.214. The Morgan fingerprint density at radius 3 is 2.47 bits per heavy atom. The monoisotopic (exact) mass is 489 g/mol. The highest BCUT2D eigenvalue weighted by Gasteiger charge is 2.21. The Balaban J connectivity index is 1.76. The number of nitrogens with zero attached hydrogens (tertiary/aromatic N) is 2. The predicted octanol–water partition coefficient (Wildman–Crippen LogP) is 5.93. The average Bonchev–Trinajstić information content (AvgIpc) is 3.28. The van der Waals surface area contributed by atoms with Crippen LogP contribution < -0.4 is 14.8 Å². The first kappa shape index (κ1) is 24.8. The van der Waals surface area contributed by atoms with Crippen LogP contribution in [-0.4, -0.2) is 41.7 Å². The number of halogens is 1. The van der Waals surface area contributed by atoms with Crippen LogP contribution in [0.4, 0.5) is 14.9 Å². The minimum atomic E-state index is -0.508. The van der Waals surface area contributed by atoms with Gasteiger partial charge >= 0.3 is 6.09 Å². The van der Waals surface area contributed by atoms with E-state index in [0.29, 0.717) is 42.0 Å². The third-order valence-corrected chi connectivity index (χ3v) is 5.97. The number of carbonyl (C=O) groups is 2. The molecule has 4 aromatic rings. The molecule has 1 N–H and O–H groups in total. The Morgan fingerprint density at radius 2 is 1.75 bits per heavy atom. The van der Waals surface area contributed by atoms with Crippen molar-refractivity contribution in [1.82, 2.24) is 9.47 Å². The molecule has 0 saturated carbocycles. The molecule has 3 aromatic carbocycles. The fourth-order valence-corrected chi connectivity index (χ4v) is 4.09.